The summed E-state index contributed by atoms with van der Waals surface area (Å²) in [5.41, 5.74) is 1.08. The van der Waals surface area contributed by atoms with Crippen LogP contribution in [-0.4, -0.2) is 15.0 Å². The fourth-order valence-corrected chi connectivity index (χ4v) is 2.01. The van der Waals surface area contributed by atoms with Crippen molar-refractivity contribution in [3.05, 3.63) is 44.9 Å². The van der Waals surface area contributed by atoms with Crippen LogP contribution in [0.5, 0.6) is 0 Å². The molecule has 0 amide bonds. The first kappa shape index (κ1) is 12.5. The Morgan fingerprint density at radius 3 is 2.35 bits per heavy atom. The second-order valence-corrected chi connectivity index (χ2v) is 4.67. The Balaban J connectivity index is 2.10. The van der Waals surface area contributed by atoms with Gasteiger partial charge in [0.15, 0.2) is 0 Å². The molecule has 0 saturated carbocycles. The molecule has 1 N–H and O–H groups in total. The van der Waals surface area contributed by atoms with Crippen LogP contribution in [0.2, 0.25) is 10.6 Å². The predicted octanol–water partition coefficient (Wildman–Crippen LogP) is 3.55. The maximum Gasteiger partial charge on any atom is 0.228 e. The van der Waals surface area contributed by atoms with Crippen LogP contribution in [-0.2, 0) is 6.54 Å². The van der Waals surface area contributed by atoms with Gasteiger partial charge in [-0.05, 0) is 34.8 Å². The molecule has 1 heterocycles. The van der Waals surface area contributed by atoms with Crippen molar-refractivity contribution < 1.29 is 0 Å². The van der Waals surface area contributed by atoms with E-state index in [0.29, 0.717) is 12.5 Å². The van der Waals surface area contributed by atoms with E-state index in [1.807, 2.05) is 24.3 Å². The summed E-state index contributed by atoms with van der Waals surface area (Å²) in [5.74, 6) is 0.353. The van der Waals surface area contributed by atoms with Crippen LogP contribution in [0.4, 0.5) is 5.95 Å². The predicted molar refractivity (Wildman–Crippen MR) is 71.3 cm³/mol. The van der Waals surface area contributed by atoms with Gasteiger partial charge in [-0.3, -0.25) is 0 Å². The third kappa shape index (κ3) is 3.52. The van der Waals surface area contributed by atoms with Crippen molar-refractivity contribution in [1.82, 2.24) is 15.0 Å². The van der Waals surface area contributed by atoms with Crippen LogP contribution in [0.1, 0.15) is 5.56 Å². The summed E-state index contributed by atoms with van der Waals surface area (Å²) < 4.78 is 1.01. The van der Waals surface area contributed by atoms with Crippen molar-refractivity contribution in [3.63, 3.8) is 0 Å². The third-order valence-corrected chi connectivity index (χ3v) is 3.09. The quantitative estimate of drug-likeness (QED) is 0.933. The van der Waals surface area contributed by atoms with E-state index in [9.17, 15) is 0 Å². The Kier molecular flexibility index (Phi) is 4.15. The maximum absolute atomic E-state index is 5.67. The number of nitrogens with zero attached hydrogens (tertiary/aromatic N) is 3. The lowest BCUT2D eigenvalue weighted by Crippen LogP contribution is -2.05. The zero-order chi connectivity index (χ0) is 12.3. The number of anilines is 1. The highest BCUT2D eigenvalue weighted by atomic mass is 79.9. The Morgan fingerprint density at radius 2 is 1.71 bits per heavy atom. The summed E-state index contributed by atoms with van der Waals surface area (Å²) in [6.45, 7) is 0.568. The van der Waals surface area contributed by atoms with Gasteiger partial charge in [0.2, 0.25) is 16.5 Å². The highest BCUT2D eigenvalue weighted by Gasteiger charge is 2.03. The molecule has 0 aliphatic carbocycles. The molecular weight excluding hydrogens is 327 g/mol. The van der Waals surface area contributed by atoms with Gasteiger partial charge in [-0.25, -0.2) is 0 Å². The smallest absolute Gasteiger partial charge is 0.228 e. The van der Waals surface area contributed by atoms with Gasteiger partial charge >= 0.3 is 0 Å². The molecule has 0 aliphatic rings. The molecule has 0 unspecified atom stereocenters. The molecule has 0 radical (unpaired) electrons. The second-order valence-electron chi connectivity index (χ2n) is 3.14. The van der Waals surface area contributed by atoms with Gasteiger partial charge in [0.25, 0.3) is 0 Å². The first-order valence-corrected chi connectivity index (χ1v) is 6.24. The SMILES string of the molecule is Clc1nc(Cl)nc(NCc2ccccc2Br)n1. The number of rotatable bonds is 3. The third-order valence-electron chi connectivity index (χ3n) is 1.98. The van der Waals surface area contributed by atoms with Crippen molar-refractivity contribution in [2.45, 2.75) is 6.54 Å². The maximum atomic E-state index is 5.67. The van der Waals surface area contributed by atoms with E-state index < -0.39 is 0 Å². The minimum Gasteiger partial charge on any atom is -0.350 e. The standard InChI is InChI=1S/C10H7BrCl2N4/c11-7-4-2-1-3-6(7)5-14-10-16-8(12)15-9(13)17-10/h1-4H,5H2,(H,14,15,16,17). The lowest BCUT2D eigenvalue weighted by molar-refractivity contribution is 0.999. The molecule has 1 aromatic carbocycles. The second kappa shape index (κ2) is 5.62. The molecule has 0 saturated heterocycles. The van der Waals surface area contributed by atoms with E-state index in [4.69, 9.17) is 23.2 Å². The number of hydrogen-bond donors (Lipinski definition) is 1. The van der Waals surface area contributed by atoms with Gasteiger partial charge in [-0.2, -0.15) is 15.0 Å². The zero-order valence-corrected chi connectivity index (χ0v) is 11.6. The van der Waals surface area contributed by atoms with E-state index in [0.717, 1.165) is 10.0 Å². The van der Waals surface area contributed by atoms with Gasteiger partial charge in [0.1, 0.15) is 0 Å². The van der Waals surface area contributed by atoms with Gasteiger partial charge in [-0.1, -0.05) is 34.1 Å². The molecule has 0 fully saturated rings. The number of nitrogens with one attached hydrogen (secondary N) is 1. The molecule has 0 bridgehead atoms. The molecule has 0 atom stereocenters. The van der Waals surface area contributed by atoms with E-state index in [1.165, 1.54) is 0 Å². The van der Waals surface area contributed by atoms with E-state index in [-0.39, 0.29) is 10.6 Å². The summed E-state index contributed by atoms with van der Waals surface area (Å²) in [6, 6.07) is 7.85. The van der Waals surface area contributed by atoms with Crippen LogP contribution in [0.3, 0.4) is 0 Å². The van der Waals surface area contributed by atoms with E-state index in [1.54, 1.807) is 0 Å². The summed E-state index contributed by atoms with van der Waals surface area (Å²) >= 11 is 14.8. The molecule has 17 heavy (non-hydrogen) atoms. The minimum absolute atomic E-state index is 0.0691. The van der Waals surface area contributed by atoms with Crippen LogP contribution in [0.15, 0.2) is 28.7 Å². The van der Waals surface area contributed by atoms with E-state index >= 15 is 0 Å². The molecule has 4 nitrogen and oxygen atoms in total. The normalized spacial score (nSPS) is 10.3. The Morgan fingerprint density at radius 1 is 1.06 bits per heavy atom. The molecule has 0 aliphatic heterocycles. The zero-order valence-electron chi connectivity index (χ0n) is 8.49. The van der Waals surface area contributed by atoms with Gasteiger partial charge in [-0.15, -0.1) is 0 Å². The Labute approximate surface area is 117 Å². The van der Waals surface area contributed by atoms with Gasteiger partial charge < -0.3 is 5.32 Å². The van der Waals surface area contributed by atoms with Crippen molar-refractivity contribution in [2.75, 3.05) is 5.32 Å². The largest absolute Gasteiger partial charge is 0.350 e. The highest BCUT2D eigenvalue weighted by Crippen LogP contribution is 2.17. The average Bonchev–Trinajstić information content (AvgIpc) is 2.27. The lowest BCUT2D eigenvalue weighted by Gasteiger charge is -2.06. The lowest BCUT2D eigenvalue weighted by atomic mass is 10.2. The topological polar surface area (TPSA) is 50.7 Å². The minimum atomic E-state index is 0.0691. The first-order chi connectivity index (χ1) is 8.15. The molecule has 7 heteroatoms. The number of benzene rings is 1. The molecule has 1 aromatic heterocycles. The van der Waals surface area contributed by atoms with Crippen molar-refractivity contribution in [2.24, 2.45) is 0 Å². The van der Waals surface area contributed by atoms with Crippen LogP contribution in [0.25, 0.3) is 0 Å². The van der Waals surface area contributed by atoms with Crippen LogP contribution >= 0.6 is 39.1 Å². The van der Waals surface area contributed by atoms with Crippen molar-refractivity contribution >= 4 is 45.1 Å². The van der Waals surface area contributed by atoms with Crippen molar-refractivity contribution in [3.8, 4) is 0 Å². The van der Waals surface area contributed by atoms with Gasteiger partial charge in [0, 0.05) is 11.0 Å². The van der Waals surface area contributed by atoms with Crippen LogP contribution < -0.4 is 5.32 Å². The summed E-state index contributed by atoms with van der Waals surface area (Å²) in [6.07, 6.45) is 0. The van der Waals surface area contributed by atoms with Crippen LogP contribution in [0, 0.1) is 0 Å². The Hall–Kier alpha value is -0.910. The summed E-state index contributed by atoms with van der Waals surface area (Å²) in [4.78, 5) is 11.5. The molecule has 2 rings (SSSR count). The number of halogens is 3. The number of aromatic nitrogens is 3. The molecule has 88 valence electrons. The van der Waals surface area contributed by atoms with Crippen molar-refractivity contribution in [1.29, 1.82) is 0 Å². The van der Waals surface area contributed by atoms with E-state index in [2.05, 4.69) is 36.2 Å². The highest BCUT2D eigenvalue weighted by molar-refractivity contribution is 9.10. The average molecular weight is 334 g/mol. The first-order valence-electron chi connectivity index (χ1n) is 4.69. The Bertz CT molecular complexity index is 515. The summed E-state index contributed by atoms with van der Waals surface area (Å²) in [7, 11) is 0. The molecule has 0 spiro atoms. The fraction of sp³-hybridized carbons (Fsp3) is 0.100. The monoisotopic (exact) mass is 332 g/mol. The molecule has 2 aromatic rings. The number of hydrogen-bond acceptors (Lipinski definition) is 4. The summed E-state index contributed by atoms with van der Waals surface area (Å²) in [5, 5.41) is 3.16. The fourth-order valence-electron chi connectivity index (χ4n) is 1.22. The van der Waals surface area contributed by atoms with Gasteiger partial charge in [0.05, 0.1) is 0 Å². The molecular formula is C10H7BrCl2N4.